The summed E-state index contributed by atoms with van der Waals surface area (Å²) < 4.78 is 0. The van der Waals surface area contributed by atoms with E-state index >= 15 is 0 Å². The standard InChI is InChI=1S/C14H23N5/c1-19(12-3-2-4-12)14-9-13(16-10-17-14)18-11-5-7-15-8-6-11/h9-12,15H,2-8H2,1H3,(H,16,17,18). The molecule has 3 rings (SSSR count). The maximum absolute atomic E-state index is 4.40. The Kier molecular flexibility index (Phi) is 3.82. The molecular weight excluding hydrogens is 238 g/mol. The van der Waals surface area contributed by atoms with Crippen molar-refractivity contribution in [3.63, 3.8) is 0 Å². The maximum Gasteiger partial charge on any atom is 0.134 e. The van der Waals surface area contributed by atoms with Crippen LogP contribution in [0.25, 0.3) is 0 Å². The van der Waals surface area contributed by atoms with E-state index in [1.54, 1.807) is 6.33 Å². The molecule has 1 aromatic rings. The second-order valence-corrected chi connectivity index (χ2v) is 5.63. The molecule has 1 aromatic heterocycles. The van der Waals surface area contributed by atoms with Crippen LogP contribution in [-0.4, -0.2) is 42.2 Å². The van der Waals surface area contributed by atoms with Gasteiger partial charge in [0.1, 0.15) is 18.0 Å². The monoisotopic (exact) mass is 261 g/mol. The summed E-state index contributed by atoms with van der Waals surface area (Å²) in [7, 11) is 2.14. The minimum absolute atomic E-state index is 0.540. The van der Waals surface area contributed by atoms with Gasteiger partial charge in [-0.05, 0) is 45.2 Å². The zero-order valence-corrected chi connectivity index (χ0v) is 11.6. The molecule has 0 unspecified atom stereocenters. The molecule has 2 heterocycles. The van der Waals surface area contributed by atoms with Gasteiger partial charge in [0, 0.05) is 25.2 Å². The van der Waals surface area contributed by atoms with Gasteiger partial charge in [0.05, 0.1) is 0 Å². The van der Waals surface area contributed by atoms with E-state index < -0.39 is 0 Å². The number of piperidine rings is 1. The largest absolute Gasteiger partial charge is 0.367 e. The van der Waals surface area contributed by atoms with Crippen LogP contribution in [0.4, 0.5) is 11.6 Å². The zero-order chi connectivity index (χ0) is 13.1. The van der Waals surface area contributed by atoms with E-state index in [0.29, 0.717) is 12.1 Å². The highest BCUT2D eigenvalue weighted by Gasteiger charge is 2.23. The lowest BCUT2D eigenvalue weighted by Crippen LogP contribution is -2.38. The Morgan fingerprint density at radius 2 is 2.00 bits per heavy atom. The molecule has 19 heavy (non-hydrogen) atoms. The smallest absolute Gasteiger partial charge is 0.134 e. The summed E-state index contributed by atoms with van der Waals surface area (Å²) in [6, 6.07) is 3.29. The van der Waals surface area contributed by atoms with E-state index in [1.807, 2.05) is 0 Å². The van der Waals surface area contributed by atoms with Crippen LogP contribution >= 0.6 is 0 Å². The molecule has 1 aliphatic carbocycles. The highest BCUT2D eigenvalue weighted by molar-refractivity contribution is 5.49. The molecule has 0 spiro atoms. The number of rotatable bonds is 4. The van der Waals surface area contributed by atoms with Gasteiger partial charge in [0.25, 0.3) is 0 Å². The van der Waals surface area contributed by atoms with Crippen LogP contribution in [0, 0.1) is 0 Å². The van der Waals surface area contributed by atoms with Gasteiger partial charge in [0.2, 0.25) is 0 Å². The van der Waals surface area contributed by atoms with Gasteiger partial charge >= 0.3 is 0 Å². The van der Waals surface area contributed by atoms with E-state index in [2.05, 4.69) is 38.6 Å². The Morgan fingerprint density at radius 3 is 2.68 bits per heavy atom. The first-order valence-corrected chi connectivity index (χ1v) is 7.35. The Hall–Kier alpha value is -1.36. The fourth-order valence-electron chi connectivity index (χ4n) is 2.76. The van der Waals surface area contributed by atoms with Crippen molar-refractivity contribution in [2.45, 2.75) is 44.2 Å². The van der Waals surface area contributed by atoms with Crippen molar-refractivity contribution in [1.29, 1.82) is 0 Å². The van der Waals surface area contributed by atoms with Crippen LogP contribution < -0.4 is 15.5 Å². The summed E-state index contributed by atoms with van der Waals surface area (Å²) in [6.45, 7) is 2.19. The van der Waals surface area contributed by atoms with Crippen LogP contribution in [0.15, 0.2) is 12.4 Å². The molecule has 1 saturated heterocycles. The molecule has 2 fully saturated rings. The molecule has 5 nitrogen and oxygen atoms in total. The summed E-state index contributed by atoms with van der Waals surface area (Å²) in [5, 5.41) is 6.91. The molecule has 0 bridgehead atoms. The first-order chi connectivity index (χ1) is 9.33. The fourth-order valence-corrected chi connectivity index (χ4v) is 2.76. The topological polar surface area (TPSA) is 53.1 Å². The van der Waals surface area contributed by atoms with Gasteiger partial charge in [0.15, 0.2) is 0 Å². The molecular formula is C14H23N5. The zero-order valence-electron chi connectivity index (χ0n) is 11.6. The van der Waals surface area contributed by atoms with Crippen molar-refractivity contribution in [3.8, 4) is 0 Å². The van der Waals surface area contributed by atoms with Crippen LogP contribution in [0.3, 0.4) is 0 Å². The Bertz CT molecular complexity index is 412. The van der Waals surface area contributed by atoms with E-state index in [9.17, 15) is 0 Å². The molecule has 0 amide bonds. The first-order valence-electron chi connectivity index (χ1n) is 7.35. The fraction of sp³-hybridized carbons (Fsp3) is 0.714. The van der Waals surface area contributed by atoms with Gasteiger partial charge in [-0.25, -0.2) is 9.97 Å². The molecule has 0 atom stereocenters. The Balaban J connectivity index is 1.64. The number of hydrogen-bond acceptors (Lipinski definition) is 5. The first kappa shape index (κ1) is 12.7. The SMILES string of the molecule is CN(c1cc(NC2CCNCC2)ncn1)C1CCC1. The second-order valence-electron chi connectivity index (χ2n) is 5.63. The van der Waals surface area contributed by atoms with Gasteiger partial charge in [-0.3, -0.25) is 0 Å². The number of hydrogen-bond donors (Lipinski definition) is 2. The Morgan fingerprint density at radius 1 is 1.21 bits per heavy atom. The second kappa shape index (κ2) is 5.74. The van der Waals surface area contributed by atoms with Crippen molar-refractivity contribution < 1.29 is 0 Å². The van der Waals surface area contributed by atoms with Crippen molar-refractivity contribution in [2.24, 2.45) is 0 Å². The molecule has 104 valence electrons. The quantitative estimate of drug-likeness (QED) is 0.863. The van der Waals surface area contributed by atoms with Crippen molar-refractivity contribution >= 4 is 11.6 Å². The summed E-state index contributed by atoms with van der Waals surface area (Å²) in [4.78, 5) is 11.0. The van der Waals surface area contributed by atoms with Crippen molar-refractivity contribution in [2.75, 3.05) is 30.4 Å². The average Bonchev–Trinajstić information content (AvgIpc) is 2.38. The van der Waals surface area contributed by atoms with E-state index in [-0.39, 0.29) is 0 Å². The van der Waals surface area contributed by atoms with Crippen molar-refractivity contribution in [1.82, 2.24) is 15.3 Å². The molecule has 0 radical (unpaired) electrons. The lowest BCUT2D eigenvalue weighted by atomic mass is 9.92. The van der Waals surface area contributed by atoms with E-state index in [0.717, 1.165) is 37.6 Å². The third kappa shape index (κ3) is 2.97. The summed E-state index contributed by atoms with van der Waals surface area (Å²) in [5.41, 5.74) is 0. The number of nitrogens with zero attached hydrogens (tertiary/aromatic N) is 3. The van der Waals surface area contributed by atoms with Gasteiger partial charge in [-0.1, -0.05) is 0 Å². The van der Waals surface area contributed by atoms with Crippen LogP contribution in [-0.2, 0) is 0 Å². The van der Waals surface area contributed by atoms with E-state index in [4.69, 9.17) is 0 Å². The molecule has 5 heteroatoms. The summed E-state index contributed by atoms with van der Waals surface area (Å²) in [5.74, 6) is 2.00. The molecule has 2 aliphatic rings. The predicted octanol–water partition coefficient (Wildman–Crippen LogP) is 1.63. The molecule has 2 N–H and O–H groups in total. The Labute approximate surface area is 114 Å². The van der Waals surface area contributed by atoms with Gasteiger partial charge in [-0.15, -0.1) is 0 Å². The minimum atomic E-state index is 0.540. The molecule has 1 saturated carbocycles. The van der Waals surface area contributed by atoms with Crippen LogP contribution in [0.1, 0.15) is 32.1 Å². The maximum atomic E-state index is 4.40. The van der Waals surface area contributed by atoms with E-state index in [1.165, 1.54) is 19.3 Å². The predicted molar refractivity (Wildman–Crippen MR) is 77.6 cm³/mol. The highest BCUT2D eigenvalue weighted by Crippen LogP contribution is 2.27. The van der Waals surface area contributed by atoms with Crippen LogP contribution in [0.5, 0.6) is 0 Å². The van der Waals surface area contributed by atoms with Gasteiger partial charge < -0.3 is 15.5 Å². The van der Waals surface area contributed by atoms with Crippen LogP contribution in [0.2, 0.25) is 0 Å². The average molecular weight is 261 g/mol. The highest BCUT2D eigenvalue weighted by atomic mass is 15.2. The minimum Gasteiger partial charge on any atom is -0.367 e. The normalized spacial score (nSPS) is 20.9. The van der Waals surface area contributed by atoms with Gasteiger partial charge in [-0.2, -0.15) is 0 Å². The van der Waals surface area contributed by atoms with Crippen molar-refractivity contribution in [3.05, 3.63) is 12.4 Å². The third-order valence-corrected chi connectivity index (χ3v) is 4.33. The third-order valence-electron chi connectivity index (χ3n) is 4.33. The number of anilines is 2. The summed E-state index contributed by atoms with van der Waals surface area (Å²) >= 11 is 0. The summed E-state index contributed by atoms with van der Waals surface area (Å²) in [6.07, 6.45) is 7.93. The lowest BCUT2D eigenvalue weighted by Gasteiger charge is -2.35. The molecule has 1 aliphatic heterocycles. The number of nitrogens with one attached hydrogen (secondary N) is 2. The molecule has 0 aromatic carbocycles. The number of aromatic nitrogens is 2. The lowest BCUT2D eigenvalue weighted by molar-refractivity contribution is 0.399.